The molecule has 116 valence electrons. The Labute approximate surface area is 123 Å². The van der Waals surface area contributed by atoms with Crippen LogP contribution in [-0.4, -0.2) is 35.1 Å². The highest BCUT2D eigenvalue weighted by Gasteiger charge is 2.38. The molecular weight excluding hydrogens is 250 g/mol. The molecule has 2 fully saturated rings. The molecule has 1 saturated carbocycles. The van der Waals surface area contributed by atoms with Crippen LogP contribution < -0.4 is 0 Å². The third-order valence-electron chi connectivity index (χ3n) is 5.46. The average Bonchev–Trinajstić information content (AvgIpc) is 2.63. The normalized spacial score (nSPS) is 36.5. The zero-order valence-electron chi connectivity index (χ0n) is 13.2. The largest absolute Gasteiger partial charge is 0.481 e. The van der Waals surface area contributed by atoms with E-state index in [9.17, 15) is 9.90 Å². The molecular formula is C17H31NO2. The van der Waals surface area contributed by atoms with Crippen molar-refractivity contribution >= 4 is 5.97 Å². The van der Waals surface area contributed by atoms with Crippen molar-refractivity contribution in [3.63, 3.8) is 0 Å². The van der Waals surface area contributed by atoms with E-state index in [4.69, 9.17) is 0 Å². The van der Waals surface area contributed by atoms with Gasteiger partial charge in [-0.2, -0.15) is 0 Å². The predicted octanol–water partition coefficient (Wildman–Crippen LogP) is 3.78. The molecule has 20 heavy (non-hydrogen) atoms. The molecule has 1 N–H and O–H groups in total. The van der Waals surface area contributed by atoms with E-state index in [1.165, 1.54) is 32.1 Å². The molecule has 0 bridgehead atoms. The second-order valence-electron chi connectivity index (χ2n) is 7.05. The monoisotopic (exact) mass is 281 g/mol. The highest BCUT2D eigenvalue weighted by atomic mass is 16.4. The van der Waals surface area contributed by atoms with Crippen LogP contribution in [0.4, 0.5) is 0 Å². The van der Waals surface area contributed by atoms with E-state index >= 15 is 0 Å². The minimum absolute atomic E-state index is 0.128. The Hall–Kier alpha value is -0.570. The van der Waals surface area contributed by atoms with Gasteiger partial charge in [0.25, 0.3) is 0 Å². The van der Waals surface area contributed by atoms with Crippen LogP contribution in [0.2, 0.25) is 0 Å². The first-order valence-corrected chi connectivity index (χ1v) is 8.58. The maximum absolute atomic E-state index is 11.6. The number of carbonyl (C=O) groups is 1. The SMILES string of the molecule is CCCC1CCC(C(=O)O)C(N2CCCC(C)CC2)C1. The lowest BCUT2D eigenvalue weighted by Crippen LogP contribution is -2.47. The van der Waals surface area contributed by atoms with E-state index in [2.05, 4.69) is 18.7 Å². The minimum Gasteiger partial charge on any atom is -0.481 e. The maximum Gasteiger partial charge on any atom is 0.308 e. The lowest BCUT2D eigenvalue weighted by molar-refractivity contribution is -0.146. The third-order valence-corrected chi connectivity index (χ3v) is 5.46. The number of carboxylic acids is 1. The number of nitrogens with zero attached hydrogens (tertiary/aromatic N) is 1. The molecule has 2 rings (SSSR count). The number of aliphatic carboxylic acids is 1. The summed E-state index contributed by atoms with van der Waals surface area (Å²) in [5, 5.41) is 9.55. The topological polar surface area (TPSA) is 40.5 Å². The Morgan fingerprint density at radius 2 is 2.00 bits per heavy atom. The number of rotatable bonds is 4. The molecule has 1 saturated heterocycles. The van der Waals surface area contributed by atoms with Crippen molar-refractivity contribution in [1.82, 2.24) is 4.90 Å². The van der Waals surface area contributed by atoms with Gasteiger partial charge in [0.1, 0.15) is 0 Å². The second kappa shape index (κ2) is 7.44. The zero-order valence-corrected chi connectivity index (χ0v) is 13.2. The molecule has 1 heterocycles. The van der Waals surface area contributed by atoms with Gasteiger partial charge in [-0.3, -0.25) is 9.69 Å². The number of carboxylic acid groups (broad SMARTS) is 1. The van der Waals surface area contributed by atoms with E-state index in [0.29, 0.717) is 6.04 Å². The maximum atomic E-state index is 11.6. The van der Waals surface area contributed by atoms with Crippen LogP contribution in [0.3, 0.4) is 0 Å². The summed E-state index contributed by atoms with van der Waals surface area (Å²) in [6, 6.07) is 0.295. The highest BCUT2D eigenvalue weighted by molar-refractivity contribution is 5.71. The van der Waals surface area contributed by atoms with Crippen molar-refractivity contribution in [2.75, 3.05) is 13.1 Å². The molecule has 0 amide bonds. The molecule has 4 atom stereocenters. The van der Waals surface area contributed by atoms with Gasteiger partial charge in [-0.05, 0) is 63.5 Å². The summed E-state index contributed by atoms with van der Waals surface area (Å²) in [6.07, 6.45) is 9.39. The Kier molecular flexibility index (Phi) is 5.88. The van der Waals surface area contributed by atoms with Crippen LogP contribution in [-0.2, 0) is 4.79 Å². The van der Waals surface area contributed by atoms with E-state index < -0.39 is 5.97 Å². The first-order chi connectivity index (χ1) is 9.61. The van der Waals surface area contributed by atoms with Crippen LogP contribution in [0.25, 0.3) is 0 Å². The van der Waals surface area contributed by atoms with Crippen LogP contribution in [0.5, 0.6) is 0 Å². The number of likely N-dealkylation sites (tertiary alicyclic amines) is 1. The van der Waals surface area contributed by atoms with Gasteiger partial charge < -0.3 is 5.11 Å². The summed E-state index contributed by atoms with van der Waals surface area (Å²) >= 11 is 0. The Balaban J connectivity index is 2.03. The Morgan fingerprint density at radius 1 is 1.20 bits per heavy atom. The predicted molar refractivity (Wildman–Crippen MR) is 81.8 cm³/mol. The number of hydrogen-bond donors (Lipinski definition) is 1. The molecule has 1 aliphatic heterocycles. The van der Waals surface area contributed by atoms with Crippen molar-refractivity contribution in [3.05, 3.63) is 0 Å². The van der Waals surface area contributed by atoms with Gasteiger partial charge in [0.15, 0.2) is 0 Å². The first kappa shape index (κ1) is 15.8. The van der Waals surface area contributed by atoms with E-state index in [0.717, 1.165) is 44.2 Å². The number of hydrogen-bond acceptors (Lipinski definition) is 2. The van der Waals surface area contributed by atoms with Crippen molar-refractivity contribution in [1.29, 1.82) is 0 Å². The van der Waals surface area contributed by atoms with Gasteiger partial charge in [0, 0.05) is 6.04 Å². The van der Waals surface area contributed by atoms with Crippen molar-refractivity contribution in [3.8, 4) is 0 Å². The fourth-order valence-corrected chi connectivity index (χ4v) is 4.21. The lowest BCUT2D eigenvalue weighted by atomic mass is 9.76. The summed E-state index contributed by atoms with van der Waals surface area (Å²) < 4.78 is 0. The van der Waals surface area contributed by atoms with Gasteiger partial charge in [-0.15, -0.1) is 0 Å². The van der Waals surface area contributed by atoms with E-state index in [1.54, 1.807) is 0 Å². The van der Waals surface area contributed by atoms with Gasteiger partial charge in [0.05, 0.1) is 5.92 Å². The molecule has 1 aliphatic carbocycles. The molecule has 3 nitrogen and oxygen atoms in total. The summed E-state index contributed by atoms with van der Waals surface area (Å²) in [5.41, 5.74) is 0. The zero-order chi connectivity index (χ0) is 14.5. The smallest absolute Gasteiger partial charge is 0.308 e. The van der Waals surface area contributed by atoms with Gasteiger partial charge in [-0.25, -0.2) is 0 Å². The standard InChI is InChI=1S/C17H31NO2/c1-3-5-14-7-8-15(17(19)20)16(12-14)18-10-4-6-13(2)9-11-18/h13-16H,3-12H2,1-2H3,(H,19,20). The molecule has 4 unspecified atom stereocenters. The fraction of sp³-hybridized carbons (Fsp3) is 0.941. The lowest BCUT2D eigenvalue weighted by Gasteiger charge is -2.41. The van der Waals surface area contributed by atoms with Crippen LogP contribution in [0, 0.1) is 17.8 Å². The van der Waals surface area contributed by atoms with Gasteiger partial charge in [0.2, 0.25) is 0 Å². The van der Waals surface area contributed by atoms with Crippen molar-refractivity contribution in [2.24, 2.45) is 17.8 Å². The molecule has 0 aromatic carbocycles. The third kappa shape index (κ3) is 3.97. The fourth-order valence-electron chi connectivity index (χ4n) is 4.21. The van der Waals surface area contributed by atoms with Gasteiger partial charge >= 0.3 is 5.97 Å². The molecule has 2 aliphatic rings. The van der Waals surface area contributed by atoms with E-state index in [-0.39, 0.29) is 5.92 Å². The summed E-state index contributed by atoms with van der Waals surface area (Å²) in [6.45, 7) is 6.79. The molecule has 0 radical (unpaired) electrons. The van der Waals surface area contributed by atoms with Crippen LogP contribution in [0.15, 0.2) is 0 Å². The Morgan fingerprint density at radius 3 is 2.70 bits per heavy atom. The molecule has 0 spiro atoms. The highest BCUT2D eigenvalue weighted by Crippen LogP contribution is 2.36. The Bertz CT molecular complexity index is 318. The van der Waals surface area contributed by atoms with Crippen LogP contribution >= 0.6 is 0 Å². The molecule has 0 aromatic heterocycles. The van der Waals surface area contributed by atoms with Gasteiger partial charge in [-0.1, -0.05) is 26.7 Å². The first-order valence-electron chi connectivity index (χ1n) is 8.58. The van der Waals surface area contributed by atoms with E-state index in [1.807, 2.05) is 0 Å². The van der Waals surface area contributed by atoms with Crippen molar-refractivity contribution < 1.29 is 9.90 Å². The summed E-state index contributed by atoms with van der Waals surface area (Å²) in [5.74, 6) is 0.860. The molecule has 3 heteroatoms. The average molecular weight is 281 g/mol. The van der Waals surface area contributed by atoms with Crippen LogP contribution in [0.1, 0.15) is 65.2 Å². The van der Waals surface area contributed by atoms with Crippen molar-refractivity contribution in [2.45, 2.75) is 71.3 Å². The quantitative estimate of drug-likeness (QED) is 0.852. The minimum atomic E-state index is -0.567. The second-order valence-corrected chi connectivity index (χ2v) is 7.05. The molecule has 0 aromatic rings. The summed E-state index contributed by atoms with van der Waals surface area (Å²) in [7, 11) is 0. The summed E-state index contributed by atoms with van der Waals surface area (Å²) in [4.78, 5) is 14.1.